The van der Waals surface area contributed by atoms with Crippen molar-refractivity contribution in [2.45, 2.75) is 65.1 Å². The molecule has 1 aliphatic carbocycles. The Bertz CT molecular complexity index is 198. The fraction of sp³-hybridized carbons (Fsp3) is 1.00. The first-order chi connectivity index (χ1) is 6.27. The second-order valence-electron chi connectivity index (χ2n) is 5.98. The van der Waals surface area contributed by atoms with Gasteiger partial charge in [-0.1, -0.05) is 13.8 Å². The van der Waals surface area contributed by atoms with Crippen LogP contribution in [-0.4, -0.2) is 24.8 Å². The Labute approximate surface area is 88.4 Å². The third-order valence-electron chi connectivity index (χ3n) is 3.35. The summed E-state index contributed by atoms with van der Waals surface area (Å²) in [6.45, 7) is 11.2. The SMILES string of the molecule is COC(C)(C)CC(C)NC1CC1(C)C. The van der Waals surface area contributed by atoms with Crippen molar-refractivity contribution in [1.82, 2.24) is 5.32 Å². The Morgan fingerprint density at radius 2 is 2.00 bits per heavy atom. The van der Waals surface area contributed by atoms with Gasteiger partial charge in [-0.05, 0) is 39.0 Å². The monoisotopic (exact) mass is 199 g/mol. The van der Waals surface area contributed by atoms with Gasteiger partial charge in [0.15, 0.2) is 0 Å². The highest BCUT2D eigenvalue weighted by molar-refractivity contribution is 5.02. The highest BCUT2D eigenvalue weighted by Crippen LogP contribution is 2.45. The van der Waals surface area contributed by atoms with Crippen LogP contribution in [0.3, 0.4) is 0 Å². The van der Waals surface area contributed by atoms with Crippen molar-refractivity contribution in [2.75, 3.05) is 7.11 Å². The van der Waals surface area contributed by atoms with E-state index in [1.54, 1.807) is 7.11 Å². The maximum absolute atomic E-state index is 5.42. The van der Waals surface area contributed by atoms with Crippen LogP contribution in [0.25, 0.3) is 0 Å². The molecule has 0 aromatic heterocycles. The molecule has 0 aromatic carbocycles. The van der Waals surface area contributed by atoms with E-state index in [-0.39, 0.29) is 5.60 Å². The molecule has 2 unspecified atom stereocenters. The molecule has 1 rings (SSSR count). The Morgan fingerprint density at radius 3 is 2.36 bits per heavy atom. The highest BCUT2D eigenvalue weighted by atomic mass is 16.5. The fourth-order valence-corrected chi connectivity index (χ4v) is 1.97. The predicted molar refractivity (Wildman–Crippen MR) is 60.5 cm³/mol. The molecule has 0 radical (unpaired) electrons. The van der Waals surface area contributed by atoms with E-state index in [1.807, 2.05) is 0 Å². The molecule has 2 atom stereocenters. The van der Waals surface area contributed by atoms with Gasteiger partial charge >= 0.3 is 0 Å². The van der Waals surface area contributed by atoms with Gasteiger partial charge < -0.3 is 10.1 Å². The van der Waals surface area contributed by atoms with Gasteiger partial charge in [-0.2, -0.15) is 0 Å². The Morgan fingerprint density at radius 1 is 1.50 bits per heavy atom. The topological polar surface area (TPSA) is 21.3 Å². The van der Waals surface area contributed by atoms with Gasteiger partial charge in [0.25, 0.3) is 0 Å². The summed E-state index contributed by atoms with van der Waals surface area (Å²) in [7, 11) is 1.79. The van der Waals surface area contributed by atoms with Crippen molar-refractivity contribution in [3.05, 3.63) is 0 Å². The first kappa shape index (κ1) is 12.0. The van der Waals surface area contributed by atoms with E-state index in [2.05, 4.69) is 39.9 Å². The smallest absolute Gasteiger partial charge is 0.0637 e. The van der Waals surface area contributed by atoms with E-state index in [0.717, 1.165) is 6.42 Å². The highest BCUT2D eigenvalue weighted by Gasteiger charge is 2.46. The molecule has 14 heavy (non-hydrogen) atoms. The van der Waals surface area contributed by atoms with Gasteiger partial charge in [0.2, 0.25) is 0 Å². The third-order valence-corrected chi connectivity index (χ3v) is 3.35. The van der Waals surface area contributed by atoms with Gasteiger partial charge in [-0.25, -0.2) is 0 Å². The summed E-state index contributed by atoms with van der Waals surface area (Å²) in [5.41, 5.74) is 0.511. The molecule has 1 aliphatic rings. The van der Waals surface area contributed by atoms with E-state index in [9.17, 15) is 0 Å². The molecule has 0 saturated heterocycles. The molecule has 1 fully saturated rings. The fourth-order valence-electron chi connectivity index (χ4n) is 1.97. The minimum atomic E-state index is -0.00848. The summed E-state index contributed by atoms with van der Waals surface area (Å²) < 4.78 is 5.42. The Kier molecular flexibility index (Phi) is 3.27. The van der Waals surface area contributed by atoms with Crippen LogP contribution in [0.15, 0.2) is 0 Å². The van der Waals surface area contributed by atoms with E-state index >= 15 is 0 Å². The zero-order valence-electron chi connectivity index (χ0n) is 10.5. The molecule has 84 valence electrons. The maximum Gasteiger partial charge on any atom is 0.0637 e. The van der Waals surface area contributed by atoms with E-state index < -0.39 is 0 Å². The summed E-state index contributed by atoms with van der Waals surface area (Å²) in [6, 6.07) is 1.25. The minimum absolute atomic E-state index is 0.00848. The summed E-state index contributed by atoms with van der Waals surface area (Å²) in [6.07, 6.45) is 2.38. The largest absolute Gasteiger partial charge is 0.379 e. The molecule has 1 N–H and O–H groups in total. The molecule has 0 spiro atoms. The molecule has 2 heteroatoms. The summed E-state index contributed by atoms with van der Waals surface area (Å²) in [5.74, 6) is 0. The molecular weight excluding hydrogens is 174 g/mol. The zero-order valence-corrected chi connectivity index (χ0v) is 10.5. The van der Waals surface area contributed by atoms with Crippen molar-refractivity contribution >= 4 is 0 Å². The van der Waals surface area contributed by atoms with Gasteiger partial charge in [-0.15, -0.1) is 0 Å². The first-order valence-electron chi connectivity index (χ1n) is 5.58. The zero-order chi connectivity index (χ0) is 11.0. The van der Waals surface area contributed by atoms with Crippen LogP contribution < -0.4 is 5.32 Å². The number of nitrogens with one attached hydrogen (secondary N) is 1. The lowest BCUT2D eigenvalue weighted by molar-refractivity contribution is 0.00822. The summed E-state index contributed by atoms with van der Waals surface area (Å²) in [5, 5.41) is 3.65. The summed E-state index contributed by atoms with van der Waals surface area (Å²) in [4.78, 5) is 0. The third kappa shape index (κ3) is 3.25. The lowest BCUT2D eigenvalue weighted by Crippen LogP contribution is -2.37. The van der Waals surface area contributed by atoms with Crippen molar-refractivity contribution in [3.63, 3.8) is 0 Å². The van der Waals surface area contributed by atoms with Crippen LogP contribution in [-0.2, 0) is 4.74 Å². The molecular formula is C12H25NO. The average Bonchev–Trinajstić information content (AvgIpc) is 2.57. The van der Waals surface area contributed by atoms with Gasteiger partial charge in [0.1, 0.15) is 0 Å². The maximum atomic E-state index is 5.42. The van der Waals surface area contributed by atoms with Crippen molar-refractivity contribution in [2.24, 2.45) is 5.41 Å². The summed E-state index contributed by atoms with van der Waals surface area (Å²) >= 11 is 0. The molecule has 0 amide bonds. The van der Waals surface area contributed by atoms with Crippen LogP contribution in [0.1, 0.15) is 47.5 Å². The first-order valence-corrected chi connectivity index (χ1v) is 5.58. The lowest BCUT2D eigenvalue weighted by atomic mass is 9.99. The lowest BCUT2D eigenvalue weighted by Gasteiger charge is -2.27. The second kappa shape index (κ2) is 3.82. The Hall–Kier alpha value is -0.0800. The normalized spacial score (nSPS) is 27.4. The number of hydrogen-bond acceptors (Lipinski definition) is 2. The van der Waals surface area contributed by atoms with Crippen LogP contribution in [0.4, 0.5) is 0 Å². The van der Waals surface area contributed by atoms with E-state index in [1.165, 1.54) is 6.42 Å². The van der Waals surface area contributed by atoms with Gasteiger partial charge in [0.05, 0.1) is 5.60 Å². The van der Waals surface area contributed by atoms with Crippen molar-refractivity contribution < 1.29 is 4.74 Å². The van der Waals surface area contributed by atoms with Crippen LogP contribution in [0, 0.1) is 5.41 Å². The predicted octanol–water partition coefficient (Wildman–Crippen LogP) is 2.58. The quantitative estimate of drug-likeness (QED) is 0.735. The van der Waals surface area contributed by atoms with Gasteiger partial charge in [0, 0.05) is 19.2 Å². The second-order valence-corrected chi connectivity index (χ2v) is 5.98. The molecule has 1 saturated carbocycles. The van der Waals surface area contributed by atoms with Gasteiger partial charge in [-0.3, -0.25) is 0 Å². The molecule has 0 aromatic rings. The standard InChI is InChI=1S/C12H25NO/c1-9(7-12(4,5)14-6)13-10-8-11(10,2)3/h9-10,13H,7-8H2,1-6H3. The molecule has 0 bridgehead atoms. The van der Waals surface area contributed by atoms with Crippen LogP contribution >= 0.6 is 0 Å². The van der Waals surface area contributed by atoms with Crippen LogP contribution in [0.2, 0.25) is 0 Å². The molecule has 0 aliphatic heterocycles. The van der Waals surface area contributed by atoms with Crippen LogP contribution in [0.5, 0.6) is 0 Å². The number of ether oxygens (including phenoxy) is 1. The van der Waals surface area contributed by atoms with Crippen molar-refractivity contribution in [3.8, 4) is 0 Å². The average molecular weight is 199 g/mol. The van der Waals surface area contributed by atoms with Crippen molar-refractivity contribution in [1.29, 1.82) is 0 Å². The molecule has 0 heterocycles. The number of rotatable bonds is 5. The number of hydrogen-bond donors (Lipinski definition) is 1. The minimum Gasteiger partial charge on any atom is -0.379 e. The number of methoxy groups -OCH3 is 1. The van der Waals surface area contributed by atoms with E-state index in [4.69, 9.17) is 4.74 Å². The molecule has 2 nitrogen and oxygen atoms in total. The van der Waals surface area contributed by atoms with E-state index in [0.29, 0.717) is 17.5 Å². The Balaban J connectivity index is 2.27.